The number of carbonyl (C=O) groups is 1. The van der Waals surface area contributed by atoms with Gasteiger partial charge in [0.1, 0.15) is 5.75 Å². The number of sulfonamides is 1. The SMILES string of the molecule is CS(=O)(=O)N1CCC(C(=O)Nc2cccc(Br)c2)Oc2ccccc21. The van der Waals surface area contributed by atoms with Crippen LogP contribution >= 0.6 is 15.9 Å². The zero-order chi connectivity index (χ0) is 18.0. The Hall–Kier alpha value is -2.06. The minimum atomic E-state index is -3.46. The predicted molar refractivity (Wildman–Crippen MR) is 100 cm³/mol. The number of hydrogen-bond donors (Lipinski definition) is 1. The van der Waals surface area contributed by atoms with E-state index in [0.717, 1.165) is 10.7 Å². The molecule has 1 unspecified atom stereocenters. The van der Waals surface area contributed by atoms with Crippen LogP contribution in [0.25, 0.3) is 0 Å². The Balaban J connectivity index is 1.85. The number of nitrogens with zero attached hydrogens (tertiary/aromatic N) is 1. The van der Waals surface area contributed by atoms with Crippen molar-refractivity contribution in [3.8, 4) is 5.75 Å². The van der Waals surface area contributed by atoms with Crippen molar-refractivity contribution in [1.82, 2.24) is 0 Å². The lowest BCUT2D eigenvalue weighted by molar-refractivity contribution is -0.122. The summed E-state index contributed by atoms with van der Waals surface area (Å²) in [6.07, 6.45) is 0.611. The van der Waals surface area contributed by atoms with Crippen LogP contribution in [-0.2, 0) is 14.8 Å². The maximum atomic E-state index is 12.6. The van der Waals surface area contributed by atoms with Crippen molar-refractivity contribution in [2.24, 2.45) is 0 Å². The Bertz CT molecular complexity index is 901. The molecule has 8 heteroatoms. The highest BCUT2D eigenvalue weighted by Crippen LogP contribution is 2.34. The fourth-order valence-corrected chi connectivity index (χ4v) is 3.99. The van der Waals surface area contributed by atoms with Crippen molar-refractivity contribution in [2.45, 2.75) is 12.5 Å². The zero-order valence-corrected chi connectivity index (χ0v) is 15.9. The Morgan fingerprint density at radius 3 is 2.72 bits per heavy atom. The number of ether oxygens (including phenoxy) is 1. The van der Waals surface area contributed by atoms with Crippen LogP contribution in [0.3, 0.4) is 0 Å². The van der Waals surface area contributed by atoms with Crippen LogP contribution in [0.15, 0.2) is 53.0 Å². The number of benzene rings is 2. The Labute approximate surface area is 155 Å². The molecule has 0 bridgehead atoms. The number of hydrogen-bond acceptors (Lipinski definition) is 4. The molecular weight excluding hydrogens is 408 g/mol. The van der Waals surface area contributed by atoms with Gasteiger partial charge >= 0.3 is 0 Å². The van der Waals surface area contributed by atoms with E-state index in [-0.39, 0.29) is 18.9 Å². The number of halogens is 1. The second-order valence-electron chi connectivity index (χ2n) is 5.70. The van der Waals surface area contributed by atoms with Gasteiger partial charge in [0.2, 0.25) is 10.0 Å². The lowest BCUT2D eigenvalue weighted by Gasteiger charge is -2.20. The standard InChI is InChI=1S/C17H17BrN2O4S/c1-25(22,23)20-10-9-16(24-15-8-3-2-7-14(15)20)17(21)19-13-6-4-5-12(18)11-13/h2-8,11,16H,9-10H2,1H3,(H,19,21). The molecule has 1 heterocycles. The molecule has 0 aliphatic carbocycles. The normalized spacial score (nSPS) is 17.2. The number of nitrogens with one attached hydrogen (secondary N) is 1. The molecule has 2 aromatic carbocycles. The predicted octanol–water partition coefficient (Wildman–Crippen LogP) is 3.00. The molecular formula is C17H17BrN2O4S. The minimum absolute atomic E-state index is 0.173. The fraction of sp³-hybridized carbons (Fsp3) is 0.235. The van der Waals surface area contributed by atoms with E-state index in [1.807, 2.05) is 12.1 Å². The highest BCUT2D eigenvalue weighted by molar-refractivity contribution is 9.10. The van der Waals surface area contributed by atoms with Crippen molar-refractivity contribution < 1.29 is 17.9 Å². The van der Waals surface area contributed by atoms with E-state index in [2.05, 4.69) is 21.2 Å². The third kappa shape index (κ3) is 4.13. The molecule has 1 atom stereocenters. The van der Waals surface area contributed by atoms with E-state index >= 15 is 0 Å². The number of rotatable bonds is 3. The van der Waals surface area contributed by atoms with Gasteiger partial charge in [-0.2, -0.15) is 0 Å². The summed E-state index contributed by atoms with van der Waals surface area (Å²) in [5.74, 6) is 0.0584. The third-order valence-corrected chi connectivity index (χ3v) is 5.46. The molecule has 0 radical (unpaired) electrons. The summed E-state index contributed by atoms with van der Waals surface area (Å²) >= 11 is 3.36. The summed E-state index contributed by atoms with van der Waals surface area (Å²) in [5, 5.41) is 2.80. The smallest absolute Gasteiger partial charge is 0.265 e. The Kier molecular flexibility index (Phi) is 5.01. The van der Waals surface area contributed by atoms with Gasteiger partial charge in [0, 0.05) is 23.1 Å². The van der Waals surface area contributed by atoms with Gasteiger partial charge < -0.3 is 10.1 Å². The van der Waals surface area contributed by atoms with E-state index in [9.17, 15) is 13.2 Å². The summed E-state index contributed by atoms with van der Waals surface area (Å²) in [6, 6.07) is 14.0. The number of amides is 1. The Morgan fingerprint density at radius 2 is 2.00 bits per heavy atom. The quantitative estimate of drug-likeness (QED) is 0.821. The number of para-hydroxylation sites is 2. The molecule has 0 spiro atoms. The monoisotopic (exact) mass is 424 g/mol. The first kappa shape index (κ1) is 17.8. The average Bonchev–Trinajstić information content (AvgIpc) is 2.74. The van der Waals surface area contributed by atoms with Crippen LogP contribution in [-0.4, -0.2) is 33.2 Å². The largest absolute Gasteiger partial charge is 0.478 e. The lowest BCUT2D eigenvalue weighted by atomic mass is 10.2. The first-order valence-corrected chi connectivity index (χ1v) is 10.3. The van der Waals surface area contributed by atoms with Crippen LogP contribution in [0.1, 0.15) is 6.42 Å². The van der Waals surface area contributed by atoms with Crippen molar-refractivity contribution in [2.75, 3.05) is 22.4 Å². The van der Waals surface area contributed by atoms with Gasteiger partial charge in [-0.25, -0.2) is 8.42 Å². The van der Waals surface area contributed by atoms with Crippen LogP contribution in [0.2, 0.25) is 0 Å². The maximum absolute atomic E-state index is 12.6. The zero-order valence-electron chi connectivity index (χ0n) is 13.5. The topological polar surface area (TPSA) is 75.7 Å². The summed E-state index contributed by atoms with van der Waals surface area (Å²) in [4.78, 5) is 12.6. The highest BCUT2D eigenvalue weighted by Gasteiger charge is 2.31. The minimum Gasteiger partial charge on any atom is -0.478 e. The van der Waals surface area contributed by atoms with Crippen molar-refractivity contribution in [3.05, 3.63) is 53.0 Å². The van der Waals surface area contributed by atoms with Gasteiger partial charge in [0.15, 0.2) is 6.10 Å². The number of anilines is 2. The van der Waals surface area contributed by atoms with Gasteiger partial charge in [-0.3, -0.25) is 9.10 Å². The van der Waals surface area contributed by atoms with Crippen LogP contribution < -0.4 is 14.4 Å². The van der Waals surface area contributed by atoms with Crippen molar-refractivity contribution in [3.63, 3.8) is 0 Å². The van der Waals surface area contributed by atoms with E-state index in [1.54, 1.807) is 36.4 Å². The summed E-state index contributed by atoms with van der Waals surface area (Å²) in [5.41, 5.74) is 1.09. The van der Waals surface area contributed by atoms with E-state index in [0.29, 0.717) is 17.1 Å². The molecule has 1 aliphatic rings. The molecule has 3 rings (SSSR count). The molecule has 132 valence electrons. The second kappa shape index (κ2) is 7.05. The molecule has 1 N–H and O–H groups in total. The van der Waals surface area contributed by atoms with Gasteiger partial charge in [-0.1, -0.05) is 34.1 Å². The van der Waals surface area contributed by atoms with Crippen molar-refractivity contribution >= 4 is 43.2 Å². The maximum Gasteiger partial charge on any atom is 0.265 e. The van der Waals surface area contributed by atoms with Gasteiger partial charge in [0.25, 0.3) is 5.91 Å². The number of fused-ring (bicyclic) bond motifs is 1. The molecule has 1 aliphatic heterocycles. The second-order valence-corrected chi connectivity index (χ2v) is 8.52. The van der Waals surface area contributed by atoms with Crippen LogP contribution in [0.4, 0.5) is 11.4 Å². The molecule has 1 amide bonds. The van der Waals surface area contributed by atoms with Gasteiger partial charge in [-0.15, -0.1) is 0 Å². The molecule has 0 fully saturated rings. The Morgan fingerprint density at radius 1 is 1.24 bits per heavy atom. The molecule has 25 heavy (non-hydrogen) atoms. The lowest BCUT2D eigenvalue weighted by Crippen LogP contribution is -2.35. The van der Waals surface area contributed by atoms with Crippen molar-refractivity contribution in [1.29, 1.82) is 0 Å². The first-order valence-electron chi connectivity index (χ1n) is 7.64. The summed E-state index contributed by atoms with van der Waals surface area (Å²) in [6.45, 7) is 0.173. The molecule has 6 nitrogen and oxygen atoms in total. The molecule has 0 aromatic heterocycles. The van der Waals surface area contributed by atoms with Crippen LogP contribution in [0, 0.1) is 0 Å². The fourth-order valence-electron chi connectivity index (χ4n) is 2.65. The van der Waals surface area contributed by atoms with Gasteiger partial charge in [0.05, 0.1) is 11.9 Å². The highest BCUT2D eigenvalue weighted by atomic mass is 79.9. The summed E-state index contributed by atoms with van der Waals surface area (Å²) < 4.78 is 32.1. The summed E-state index contributed by atoms with van der Waals surface area (Å²) in [7, 11) is -3.46. The number of carbonyl (C=O) groups excluding carboxylic acids is 1. The van der Waals surface area contributed by atoms with E-state index in [4.69, 9.17) is 4.74 Å². The van der Waals surface area contributed by atoms with E-state index in [1.165, 1.54) is 4.31 Å². The third-order valence-electron chi connectivity index (χ3n) is 3.78. The van der Waals surface area contributed by atoms with Gasteiger partial charge in [-0.05, 0) is 30.3 Å². The van der Waals surface area contributed by atoms with E-state index < -0.39 is 16.1 Å². The molecule has 2 aromatic rings. The average molecular weight is 425 g/mol. The molecule has 0 saturated carbocycles. The molecule has 0 saturated heterocycles. The first-order chi connectivity index (χ1) is 11.8. The van der Waals surface area contributed by atoms with Crippen LogP contribution in [0.5, 0.6) is 5.75 Å².